The number of carbonyl (C=O) groups is 1. The molecule has 3 aromatic rings. The minimum Gasteiger partial charge on any atom is -0.406 e. The van der Waals surface area contributed by atoms with Crippen molar-refractivity contribution in [2.75, 3.05) is 4.90 Å². The number of rotatable bonds is 6. The summed E-state index contributed by atoms with van der Waals surface area (Å²) in [6.45, 7) is 1.93. The lowest BCUT2D eigenvalue weighted by molar-refractivity contribution is -0.274. The van der Waals surface area contributed by atoms with Crippen LogP contribution in [-0.4, -0.2) is 12.3 Å². The highest BCUT2D eigenvalue weighted by atomic mass is 35.5. The van der Waals surface area contributed by atoms with Gasteiger partial charge in [-0.15, -0.1) is 13.2 Å². The van der Waals surface area contributed by atoms with Crippen molar-refractivity contribution in [1.29, 1.82) is 0 Å². The molecule has 0 aliphatic carbocycles. The van der Waals surface area contributed by atoms with Gasteiger partial charge in [0.05, 0.1) is 11.7 Å². The average Bonchev–Trinajstić information content (AvgIpc) is 3.10. The van der Waals surface area contributed by atoms with Gasteiger partial charge in [-0.2, -0.15) is 0 Å². The molecule has 1 aliphatic heterocycles. The molecule has 0 bridgehead atoms. The van der Waals surface area contributed by atoms with Crippen molar-refractivity contribution >= 4 is 23.2 Å². The highest BCUT2D eigenvalue weighted by molar-refractivity contribution is 6.30. The number of ether oxygens (including phenoxy) is 1. The highest BCUT2D eigenvalue weighted by Gasteiger charge is 2.36. The number of benzene rings is 3. The number of amides is 1. The van der Waals surface area contributed by atoms with E-state index >= 15 is 0 Å². The monoisotopic (exact) mass is 472 g/mol. The molecule has 4 rings (SSSR count). The van der Waals surface area contributed by atoms with E-state index < -0.39 is 12.4 Å². The van der Waals surface area contributed by atoms with Gasteiger partial charge in [0.15, 0.2) is 0 Å². The van der Waals surface area contributed by atoms with Crippen molar-refractivity contribution in [3.63, 3.8) is 0 Å². The first-order chi connectivity index (χ1) is 15.7. The van der Waals surface area contributed by atoms with E-state index in [1.54, 1.807) is 36.4 Å². The molecule has 3 aromatic carbocycles. The topological polar surface area (TPSA) is 41.6 Å². The van der Waals surface area contributed by atoms with Crippen molar-refractivity contribution in [3.05, 3.63) is 107 Å². The van der Waals surface area contributed by atoms with Crippen LogP contribution >= 0.6 is 11.6 Å². The van der Waals surface area contributed by atoms with Crippen molar-refractivity contribution in [2.24, 2.45) is 0 Å². The molecule has 0 saturated carbocycles. The summed E-state index contributed by atoms with van der Waals surface area (Å²) in [6.07, 6.45) is -3.10. The number of halogens is 4. The second-order valence-corrected chi connectivity index (χ2v) is 8.01. The second kappa shape index (κ2) is 9.19. The molecule has 0 unspecified atom stereocenters. The van der Waals surface area contributed by atoms with Crippen LogP contribution in [0.2, 0.25) is 5.02 Å². The van der Waals surface area contributed by atoms with Gasteiger partial charge in [0.25, 0.3) is 5.91 Å². The summed E-state index contributed by atoms with van der Waals surface area (Å²) >= 11 is 6.00. The van der Waals surface area contributed by atoms with Gasteiger partial charge in [0, 0.05) is 16.8 Å². The van der Waals surface area contributed by atoms with Gasteiger partial charge in [-0.05, 0) is 60.5 Å². The molecule has 8 heteroatoms. The Morgan fingerprint density at radius 3 is 2.36 bits per heavy atom. The standard InChI is InChI=1S/C25H20ClF3N2O2/c1-16(17-6-3-2-4-7-17)30-22-15-23(18-8-5-9-21(14-18)33-25(27,28)29)31(24(22)32)20-12-10-19(26)11-13-20/h2-16,23,30H,1H3/t16-,23+/m1/s1. The molecule has 0 spiro atoms. The molecule has 0 radical (unpaired) electrons. The number of hydrogen-bond acceptors (Lipinski definition) is 3. The predicted octanol–water partition coefficient (Wildman–Crippen LogP) is 6.56. The van der Waals surface area contributed by atoms with Crippen LogP contribution in [0.25, 0.3) is 0 Å². The van der Waals surface area contributed by atoms with Gasteiger partial charge in [-0.3, -0.25) is 9.69 Å². The van der Waals surface area contributed by atoms with Crippen LogP contribution in [0, 0.1) is 0 Å². The van der Waals surface area contributed by atoms with Gasteiger partial charge in [0.2, 0.25) is 0 Å². The van der Waals surface area contributed by atoms with E-state index in [2.05, 4.69) is 10.1 Å². The lowest BCUT2D eigenvalue weighted by atomic mass is 10.1. The molecule has 1 aliphatic rings. The van der Waals surface area contributed by atoms with Crippen molar-refractivity contribution in [1.82, 2.24) is 5.32 Å². The molecular formula is C25H20ClF3N2O2. The van der Waals surface area contributed by atoms with Gasteiger partial charge < -0.3 is 10.1 Å². The Bertz CT molecular complexity index is 1160. The first-order valence-electron chi connectivity index (χ1n) is 10.2. The molecule has 170 valence electrons. The summed E-state index contributed by atoms with van der Waals surface area (Å²) in [5, 5.41) is 3.75. The maximum atomic E-state index is 13.4. The Balaban J connectivity index is 1.70. The molecular weight excluding hydrogens is 453 g/mol. The third kappa shape index (κ3) is 5.31. The van der Waals surface area contributed by atoms with E-state index in [1.165, 1.54) is 23.1 Å². The first kappa shape index (κ1) is 22.7. The molecule has 4 nitrogen and oxygen atoms in total. The second-order valence-electron chi connectivity index (χ2n) is 7.57. The van der Waals surface area contributed by atoms with Gasteiger partial charge >= 0.3 is 6.36 Å². The smallest absolute Gasteiger partial charge is 0.406 e. The van der Waals surface area contributed by atoms with Crippen molar-refractivity contribution in [3.8, 4) is 5.75 Å². The summed E-state index contributed by atoms with van der Waals surface area (Å²) in [6, 6.07) is 21.2. The predicted molar refractivity (Wildman–Crippen MR) is 121 cm³/mol. The van der Waals surface area contributed by atoms with E-state index in [0.717, 1.165) is 5.56 Å². The summed E-state index contributed by atoms with van der Waals surface area (Å²) in [7, 11) is 0. The first-order valence-corrected chi connectivity index (χ1v) is 10.6. The Hall–Kier alpha value is -3.45. The molecule has 0 saturated heterocycles. The van der Waals surface area contributed by atoms with E-state index in [4.69, 9.17) is 11.6 Å². The van der Waals surface area contributed by atoms with Crippen LogP contribution in [0.3, 0.4) is 0 Å². The lowest BCUT2D eigenvalue weighted by Gasteiger charge is -2.26. The Kier molecular flexibility index (Phi) is 6.33. The quantitative estimate of drug-likeness (QED) is 0.441. The third-order valence-corrected chi connectivity index (χ3v) is 5.51. The maximum absolute atomic E-state index is 13.4. The number of alkyl halides is 3. The zero-order valence-electron chi connectivity index (χ0n) is 17.5. The Labute approximate surface area is 194 Å². The zero-order chi connectivity index (χ0) is 23.6. The minimum atomic E-state index is -4.81. The zero-order valence-corrected chi connectivity index (χ0v) is 18.3. The van der Waals surface area contributed by atoms with Crippen LogP contribution in [0.4, 0.5) is 18.9 Å². The number of anilines is 1. The van der Waals surface area contributed by atoms with Crippen LogP contribution in [0.5, 0.6) is 5.75 Å². The third-order valence-electron chi connectivity index (χ3n) is 5.26. The van der Waals surface area contributed by atoms with E-state index in [0.29, 0.717) is 22.0 Å². The fourth-order valence-corrected chi connectivity index (χ4v) is 3.87. The number of nitrogens with zero attached hydrogens (tertiary/aromatic N) is 1. The molecule has 1 amide bonds. The minimum absolute atomic E-state index is 0.160. The van der Waals surface area contributed by atoms with E-state index in [9.17, 15) is 18.0 Å². The summed E-state index contributed by atoms with van der Waals surface area (Å²) in [5.41, 5.74) is 2.39. The van der Waals surface area contributed by atoms with Crippen LogP contribution in [0.1, 0.15) is 30.1 Å². The van der Waals surface area contributed by atoms with Gasteiger partial charge in [-0.25, -0.2) is 0 Å². The summed E-state index contributed by atoms with van der Waals surface area (Å²) < 4.78 is 42.3. The van der Waals surface area contributed by atoms with E-state index in [-0.39, 0.29) is 17.7 Å². The fourth-order valence-electron chi connectivity index (χ4n) is 3.75. The molecule has 2 atom stereocenters. The Morgan fingerprint density at radius 1 is 1.00 bits per heavy atom. The van der Waals surface area contributed by atoms with Crippen LogP contribution < -0.4 is 15.0 Å². The molecule has 1 heterocycles. The average molecular weight is 473 g/mol. The maximum Gasteiger partial charge on any atom is 0.573 e. The summed E-state index contributed by atoms with van der Waals surface area (Å²) in [4.78, 5) is 14.9. The molecule has 0 aromatic heterocycles. The fraction of sp³-hybridized carbons (Fsp3) is 0.160. The molecule has 1 N–H and O–H groups in total. The van der Waals surface area contributed by atoms with Gasteiger partial charge in [-0.1, -0.05) is 54.1 Å². The number of hydrogen-bond donors (Lipinski definition) is 1. The SMILES string of the molecule is C[C@@H](NC1=C[C@@H](c2cccc(OC(F)(F)F)c2)N(c2ccc(Cl)cc2)C1=O)c1ccccc1. The van der Waals surface area contributed by atoms with Crippen molar-refractivity contribution < 1.29 is 22.7 Å². The highest BCUT2D eigenvalue weighted by Crippen LogP contribution is 2.37. The van der Waals surface area contributed by atoms with Crippen LogP contribution in [-0.2, 0) is 4.79 Å². The number of nitrogens with one attached hydrogen (secondary N) is 1. The van der Waals surface area contributed by atoms with Crippen LogP contribution in [0.15, 0.2) is 90.6 Å². The van der Waals surface area contributed by atoms with E-state index in [1.807, 2.05) is 37.3 Å². The Morgan fingerprint density at radius 2 is 1.70 bits per heavy atom. The number of carbonyl (C=O) groups excluding carboxylic acids is 1. The summed E-state index contributed by atoms with van der Waals surface area (Å²) in [5.74, 6) is -0.650. The molecule has 0 fully saturated rings. The lowest BCUT2D eigenvalue weighted by Crippen LogP contribution is -2.33. The van der Waals surface area contributed by atoms with Crippen molar-refractivity contribution in [2.45, 2.75) is 25.4 Å². The normalized spacial score (nSPS) is 17.0. The largest absolute Gasteiger partial charge is 0.573 e. The molecule has 33 heavy (non-hydrogen) atoms. The van der Waals surface area contributed by atoms with Gasteiger partial charge in [0.1, 0.15) is 5.75 Å².